The maximum atomic E-state index is 12.7. The van der Waals surface area contributed by atoms with Crippen LogP contribution in [0.4, 0.5) is 30.6 Å². The second kappa shape index (κ2) is 10.1. The first kappa shape index (κ1) is 23.0. The highest BCUT2D eigenvalue weighted by atomic mass is 32.1. The van der Waals surface area contributed by atoms with Crippen LogP contribution in [0, 0.1) is 5.92 Å². The molecule has 11 heteroatoms. The number of hydrogen-bond donors (Lipinski definition) is 3. The summed E-state index contributed by atoms with van der Waals surface area (Å²) in [6, 6.07) is 4.58. The van der Waals surface area contributed by atoms with Crippen LogP contribution in [0.5, 0.6) is 5.75 Å². The van der Waals surface area contributed by atoms with Gasteiger partial charge in [-0.1, -0.05) is 6.92 Å². The second-order valence-corrected chi connectivity index (χ2v) is 7.60. The fraction of sp³-hybridized carbons (Fsp3) is 0.450. The highest BCUT2D eigenvalue weighted by molar-refractivity contribution is 7.80. The third-order valence-corrected chi connectivity index (χ3v) is 5.25. The third-order valence-electron chi connectivity index (χ3n) is 5.05. The van der Waals surface area contributed by atoms with E-state index in [0.717, 1.165) is 44.7 Å². The number of ether oxygens (including phenoxy) is 1. The van der Waals surface area contributed by atoms with Gasteiger partial charge in [0.2, 0.25) is 5.95 Å². The van der Waals surface area contributed by atoms with Crippen LogP contribution in [0.25, 0.3) is 0 Å². The molecule has 0 amide bonds. The van der Waals surface area contributed by atoms with Gasteiger partial charge in [-0.05, 0) is 61.9 Å². The summed E-state index contributed by atoms with van der Waals surface area (Å²) in [5.74, 6) is 1.83. The number of hydrogen-bond acceptors (Lipinski definition) is 6. The molecule has 0 aliphatic carbocycles. The van der Waals surface area contributed by atoms with Gasteiger partial charge in [-0.25, -0.2) is 4.98 Å². The normalized spacial score (nSPS) is 16.7. The highest BCUT2D eigenvalue weighted by Gasteiger charge is 2.30. The molecule has 3 N–H and O–H groups in total. The molecular formula is C20H25F3N6OS. The van der Waals surface area contributed by atoms with E-state index in [9.17, 15) is 13.2 Å². The quantitative estimate of drug-likeness (QED) is 0.541. The Hall–Kier alpha value is -2.66. The van der Waals surface area contributed by atoms with E-state index in [4.69, 9.17) is 17.0 Å². The Balaban J connectivity index is 1.59. The molecule has 1 aliphatic rings. The van der Waals surface area contributed by atoms with Crippen molar-refractivity contribution < 1.29 is 17.9 Å². The first-order chi connectivity index (χ1) is 14.8. The van der Waals surface area contributed by atoms with Gasteiger partial charge in [0.15, 0.2) is 16.7 Å². The summed E-state index contributed by atoms with van der Waals surface area (Å²) in [5.41, 5.74) is -0.311. The van der Waals surface area contributed by atoms with Gasteiger partial charge in [-0.2, -0.15) is 18.2 Å². The van der Waals surface area contributed by atoms with E-state index in [1.54, 1.807) is 7.11 Å². The number of likely N-dealkylation sites (tertiary alicyclic amines) is 1. The number of thiocarbonyl (C=S) groups is 1. The number of halogens is 3. The summed E-state index contributed by atoms with van der Waals surface area (Å²) in [4.78, 5) is 11.0. The van der Waals surface area contributed by atoms with E-state index in [0.29, 0.717) is 23.2 Å². The van der Waals surface area contributed by atoms with Crippen molar-refractivity contribution >= 4 is 34.8 Å². The zero-order valence-corrected chi connectivity index (χ0v) is 18.1. The van der Waals surface area contributed by atoms with Gasteiger partial charge in [-0.3, -0.25) is 0 Å². The van der Waals surface area contributed by atoms with Gasteiger partial charge in [-0.15, -0.1) is 0 Å². The lowest BCUT2D eigenvalue weighted by atomic mass is 10.1. The number of nitrogens with zero attached hydrogens (tertiary/aromatic N) is 3. The molecule has 1 fully saturated rings. The molecule has 3 rings (SSSR count). The minimum atomic E-state index is -4.38. The van der Waals surface area contributed by atoms with Crippen LogP contribution in [0.2, 0.25) is 0 Å². The SMILES string of the molecule is CCN1CCC(CNc2nc(NC(=S)Nc3ccc(C(F)(F)F)cc3)ncc2OC)C1. The van der Waals surface area contributed by atoms with Crippen LogP contribution in [0.1, 0.15) is 18.9 Å². The van der Waals surface area contributed by atoms with Gasteiger partial charge in [0, 0.05) is 18.8 Å². The van der Waals surface area contributed by atoms with Gasteiger partial charge >= 0.3 is 6.18 Å². The minimum absolute atomic E-state index is 0.158. The fourth-order valence-electron chi connectivity index (χ4n) is 3.32. The summed E-state index contributed by atoms with van der Waals surface area (Å²) in [6.07, 6.45) is -1.73. The van der Waals surface area contributed by atoms with Crippen LogP contribution in [0.15, 0.2) is 30.5 Å². The third kappa shape index (κ3) is 6.41. The number of anilines is 3. The molecule has 7 nitrogen and oxygen atoms in total. The van der Waals surface area contributed by atoms with E-state index in [-0.39, 0.29) is 11.1 Å². The summed E-state index contributed by atoms with van der Waals surface area (Å²) < 4.78 is 43.4. The van der Waals surface area contributed by atoms with Crippen molar-refractivity contribution in [3.05, 3.63) is 36.0 Å². The zero-order valence-electron chi connectivity index (χ0n) is 17.3. The molecule has 1 aliphatic heterocycles. The van der Waals surface area contributed by atoms with Crippen molar-refractivity contribution in [2.24, 2.45) is 5.92 Å². The van der Waals surface area contributed by atoms with Gasteiger partial charge < -0.3 is 25.6 Å². The lowest BCUT2D eigenvalue weighted by Crippen LogP contribution is -2.23. The second-order valence-electron chi connectivity index (χ2n) is 7.19. The smallest absolute Gasteiger partial charge is 0.416 e. The summed E-state index contributed by atoms with van der Waals surface area (Å²) in [6.45, 7) is 6.11. The van der Waals surface area contributed by atoms with E-state index >= 15 is 0 Å². The number of alkyl halides is 3. The van der Waals surface area contributed by atoms with Crippen molar-refractivity contribution in [2.45, 2.75) is 19.5 Å². The van der Waals surface area contributed by atoms with Crippen LogP contribution >= 0.6 is 12.2 Å². The van der Waals surface area contributed by atoms with Crippen molar-refractivity contribution in [1.82, 2.24) is 14.9 Å². The lowest BCUT2D eigenvalue weighted by molar-refractivity contribution is -0.137. The monoisotopic (exact) mass is 454 g/mol. The summed E-state index contributed by atoms with van der Waals surface area (Å²) in [5, 5.41) is 9.14. The topological polar surface area (TPSA) is 74.3 Å². The molecule has 0 spiro atoms. The average Bonchev–Trinajstić information content (AvgIpc) is 3.20. The minimum Gasteiger partial charge on any atom is -0.491 e. The highest BCUT2D eigenvalue weighted by Crippen LogP contribution is 2.30. The van der Waals surface area contributed by atoms with E-state index in [1.807, 2.05) is 0 Å². The summed E-state index contributed by atoms with van der Waals surface area (Å²) >= 11 is 5.23. The van der Waals surface area contributed by atoms with Crippen molar-refractivity contribution in [2.75, 3.05) is 49.2 Å². The predicted molar refractivity (Wildman–Crippen MR) is 119 cm³/mol. The molecule has 2 heterocycles. The standard InChI is InChI=1S/C20H25F3N6OS/c1-3-29-9-8-13(12-29)10-24-17-16(30-2)11-25-18(27-17)28-19(31)26-15-6-4-14(5-7-15)20(21,22)23/h4-7,11,13H,3,8-10,12H2,1-2H3,(H3,24,25,26,27,28,31). The molecule has 1 unspecified atom stereocenters. The summed E-state index contributed by atoms with van der Waals surface area (Å²) in [7, 11) is 1.54. The molecule has 0 radical (unpaired) electrons. The number of aromatic nitrogens is 2. The Labute approximate surface area is 184 Å². The van der Waals surface area contributed by atoms with Crippen molar-refractivity contribution in [3.63, 3.8) is 0 Å². The number of nitrogens with one attached hydrogen (secondary N) is 3. The van der Waals surface area contributed by atoms with E-state index in [2.05, 4.69) is 37.7 Å². The Morgan fingerprint density at radius 1 is 1.26 bits per heavy atom. The maximum Gasteiger partial charge on any atom is 0.416 e. The molecular weight excluding hydrogens is 429 g/mol. The van der Waals surface area contributed by atoms with Crippen molar-refractivity contribution in [1.29, 1.82) is 0 Å². The largest absolute Gasteiger partial charge is 0.491 e. The molecule has 0 bridgehead atoms. The fourth-order valence-corrected chi connectivity index (χ4v) is 3.53. The zero-order chi connectivity index (χ0) is 22.4. The van der Waals surface area contributed by atoms with E-state index in [1.165, 1.54) is 18.3 Å². The van der Waals surface area contributed by atoms with Crippen LogP contribution in [0.3, 0.4) is 0 Å². The number of methoxy groups -OCH3 is 1. The molecule has 31 heavy (non-hydrogen) atoms. The Kier molecular flexibility index (Phi) is 7.50. The first-order valence-electron chi connectivity index (χ1n) is 9.91. The molecule has 1 atom stereocenters. The predicted octanol–water partition coefficient (Wildman–Crippen LogP) is 4.07. The van der Waals surface area contributed by atoms with Gasteiger partial charge in [0.25, 0.3) is 0 Å². The molecule has 1 aromatic carbocycles. The van der Waals surface area contributed by atoms with Crippen LogP contribution in [-0.4, -0.2) is 53.3 Å². The molecule has 1 aromatic heterocycles. The maximum absolute atomic E-state index is 12.7. The number of rotatable bonds is 7. The van der Waals surface area contributed by atoms with Gasteiger partial charge in [0.05, 0.1) is 18.9 Å². The van der Waals surface area contributed by atoms with Gasteiger partial charge in [0.1, 0.15) is 0 Å². The lowest BCUT2D eigenvalue weighted by Gasteiger charge is -2.16. The first-order valence-corrected chi connectivity index (χ1v) is 10.3. The van der Waals surface area contributed by atoms with E-state index < -0.39 is 11.7 Å². The Bertz CT molecular complexity index is 893. The molecule has 1 saturated heterocycles. The average molecular weight is 455 g/mol. The van der Waals surface area contributed by atoms with Crippen LogP contribution in [-0.2, 0) is 6.18 Å². The van der Waals surface area contributed by atoms with Crippen LogP contribution < -0.4 is 20.7 Å². The molecule has 2 aromatic rings. The number of benzene rings is 1. The Morgan fingerprint density at radius 3 is 2.61 bits per heavy atom. The van der Waals surface area contributed by atoms with Crippen molar-refractivity contribution in [3.8, 4) is 5.75 Å². The molecule has 0 saturated carbocycles. The Morgan fingerprint density at radius 2 is 2.00 bits per heavy atom. The molecule has 168 valence electrons.